The number of rotatable bonds is 2. The number of carboxylic acids is 1. The van der Waals surface area contributed by atoms with Gasteiger partial charge in [-0.2, -0.15) is 0 Å². The maximum absolute atomic E-state index is 10.9. The van der Waals surface area contributed by atoms with Crippen molar-refractivity contribution in [3.8, 4) is 5.75 Å². The zero-order chi connectivity index (χ0) is 10.1. The number of carbonyl (C=O) groups is 1. The molecule has 14 heavy (non-hydrogen) atoms. The van der Waals surface area contributed by atoms with E-state index in [1.807, 2.05) is 0 Å². The van der Waals surface area contributed by atoms with Crippen LogP contribution in [0.25, 0.3) is 0 Å². The van der Waals surface area contributed by atoms with Crippen molar-refractivity contribution >= 4 is 5.97 Å². The second-order valence-corrected chi connectivity index (χ2v) is 3.29. The average molecular weight is 193 g/mol. The highest BCUT2D eigenvalue weighted by molar-refractivity contribution is 5.91. The highest BCUT2D eigenvalue weighted by Crippen LogP contribution is 2.31. The van der Waals surface area contributed by atoms with Gasteiger partial charge in [0.25, 0.3) is 0 Å². The summed E-state index contributed by atoms with van der Waals surface area (Å²) >= 11 is 0. The molecule has 1 aromatic rings. The molecule has 1 heterocycles. The Labute approximate surface area is 81.5 Å². The number of aromatic nitrogens is 1. The first kappa shape index (κ1) is 8.99. The van der Waals surface area contributed by atoms with Crippen LogP contribution in [0.4, 0.5) is 0 Å². The lowest BCUT2D eigenvalue weighted by atomic mass is 10.1. The van der Waals surface area contributed by atoms with Crippen molar-refractivity contribution in [2.45, 2.75) is 19.3 Å². The van der Waals surface area contributed by atoms with Crippen LogP contribution >= 0.6 is 0 Å². The molecule has 0 atom stereocenters. The molecule has 1 aromatic heterocycles. The number of methoxy groups -OCH3 is 1. The fraction of sp³-hybridized carbons (Fsp3) is 0.400. The lowest BCUT2D eigenvalue weighted by Gasteiger charge is -2.09. The molecular formula is C10H11NO3. The minimum atomic E-state index is -0.982. The van der Waals surface area contributed by atoms with Gasteiger partial charge in [-0.05, 0) is 19.3 Å². The molecule has 0 amide bonds. The summed E-state index contributed by atoms with van der Waals surface area (Å²) in [5, 5.41) is 8.91. The van der Waals surface area contributed by atoms with Crippen molar-refractivity contribution in [2.24, 2.45) is 0 Å². The van der Waals surface area contributed by atoms with Crippen molar-refractivity contribution in [1.82, 2.24) is 4.98 Å². The van der Waals surface area contributed by atoms with Crippen LogP contribution in [0.1, 0.15) is 28.0 Å². The first-order chi connectivity index (χ1) is 6.74. The van der Waals surface area contributed by atoms with E-state index in [2.05, 4.69) is 4.98 Å². The summed E-state index contributed by atoms with van der Waals surface area (Å²) < 4.78 is 5.13. The standard InChI is InChI=1S/C10H11NO3/c1-14-9-6-3-2-4-8(6)11-5-7(9)10(12)13/h5H,2-4H2,1H3,(H,12,13). The monoisotopic (exact) mass is 193 g/mol. The van der Waals surface area contributed by atoms with Crippen LogP contribution in [0.3, 0.4) is 0 Å². The van der Waals surface area contributed by atoms with Crippen LogP contribution in [0.5, 0.6) is 5.75 Å². The van der Waals surface area contributed by atoms with E-state index in [1.54, 1.807) is 0 Å². The smallest absolute Gasteiger partial charge is 0.341 e. The predicted octanol–water partition coefficient (Wildman–Crippen LogP) is 1.28. The van der Waals surface area contributed by atoms with Gasteiger partial charge >= 0.3 is 5.97 Å². The van der Waals surface area contributed by atoms with Crippen LogP contribution < -0.4 is 4.74 Å². The van der Waals surface area contributed by atoms with Crippen molar-refractivity contribution in [1.29, 1.82) is 0 Å². The third-order valence-corrected chi connectivity index (χ3v) is 2.49. The van der Waals surface area contributed by atoms with Gasteiger partial charge in [-0.1, -0.05) is 0 Å². The molecule has 1 N–H and O–H groups in total. The van der Waals surface area contributed by atoms with E-state index in [0.717, 1.165) is 30.5 Å². The molecule has 0 saturated carbocycles. The average Bonchev–Trinajstić information content (AvgIpc) is 2.63. The molecule has 1 aliphatic rings. The number of fused-ring (bicyclic) bond motifs is 1. The lowest BCUT2D eigenvalue weighted by molar-refractivity contribution is 0.0692. The largest absolute Gasteiger partial charge is 0.495 e. The van der Waals surface area contributed by atoms with E-state index in [-0.39, 0.29) is 5.56 Å². The van der Waals surface area contributed by atoms with Crippen molar-refractivity contribution in [3.63, 3.8) is 0 Å². The molecule has 74 valence electrons. The molecule has 0 unspecified atom stereocenters. The second kappa shape index (κ2) is 3.29. The van der Waals surface area contributed by atoms with Gasteiger partial charge < -0.3 is 9.84 Å². The molecule has 0 aromatic carbocycles. The van der Waals surface area contributed by atoms with Gasteiger partial charge in [0.15, 0.2) is 0 Å². The zero-order valence-electron chi connectivity index (χ0n) is 7.91. The molecule has 4 nitrogen and oxygen atoms in total. The van der Waals surface area contributed by atoms with Gasteiger partial charge in [0.05, 0.1) is 7.11 Å². The molecule has 2 rings (SSSR count). The van der Waals surface area contributed by atoms with E-state index >= 15 is 0 Å². The molecule has 0 bridgehead atoms. The predicted molar refractivity (Wildman–Crippen MR) is 49.8 cm³/mol. The summed E-state index contributed by atoms with van der Waals surface area (Å²) in [7, 11) is 1.50. The van der Waals surface area contributed by atoms with E-state index < -0.39 is 5.97 Å². The normalized spacial score (nSPS) is 13.8. The highest BCUT2D eigenvalue weighted by Gasteiger charge is 2.22. The lowest BCUT2D eigenvalue weighted by Crippen LogP contribution is -2.05. The Bertz CT molecular complexity index is 387. The van der Waals surface area contributed by atoms with E-state index in [4.69, 9.17) is 9.84 Å². The van der Waals surface area contributed by atoms with Gasteiger partial charge in [-0.3, -0.25) is 4.98 Å². The summed E-state index contributed by atoms with van der Waals surface area (Å²) in [5.41, 5.74) is 2.10. The minimum absolute atomic E-state index is 0.160. The maximum atomic E-state index is 10.9. The first-order valence-corrected chi connectivity index (χ1v) is 4.52. The number of carboxylic acid groups (broad SMARTS) is 1. The Balaban J connectivity index is 2.59. The number of pyridine rings is 1. The summed E-state index contributed by atoms with van der Waals surface area (Å²) in [6.07, 6.45) is 4.20. The molecule has 4 heteroatoms. The third kappa shape index (κ3) is 1.23. The molecular weight excluding hydrogens is 182 g/mol. The molecule has 0 fully saturated rings. The summed E-state index contributed by atoms with van der Waals surface area (Å²) in [5.74, 6) is -0.496. The van der Waals surface area contributed by atoms with Crippen LogP contribution in [0.15, 0.2) is 6.20 Å². The summed E-state index contributed by atoms with van der Waals surface area (Å²) in [4.78, 5) is 15.0. The Morgan fingerprint density at radius 2 is 2.36 bits per heavy atom. The molecule has 0 radical (unpaired) electrons. The Kier molecular flexibility index (Phi) is 2.11. The van der Waals surface area contributed by atoms with Crippen molar-refractivity contribution in [3.05, 3.63) is 23.0 Å². The second-order valence-electron chi connectivity index (χ2n) is 3.29. The van der Waals surface area contributed by atoms with Crippen LogP contribution in [-0.4, -0.2) is 23.2 Å². The highest BCUT2D eigenvalue weighted by atomic mass is 16.5. The van der Waals surface area contributed by atoms with E-state index in [1.165, 1.54) is 13.3 Å². The number of aromatic carboxylic acids is 1. The molecule has 1 aliphatic carbocycles. The Morgan fingerprint density at radius 1 is 1.57 bits per heavy atom. The van der Waals surface area contributed by atoms with E-state index in [0.29, 0.717) is 5.75 Å². The maximum Gasteiger partial charge on any atom is 0.341 e. The number of nitrogens with zero attached hydrogens (tertiary/aromatic N) is 1. The van der Waals surface area contributed by atoms with Crippen LogP contribution in [0, 0.1) is 0 Å². The van der Waals surface area contributed by atoms with Gasteiger partial charge in [0.1, 0.15) is 11.3 Å². The number of ether oxygens (including phenoxy) is 1. The van der Waals surface area contributed by atoms with E-state index in [9.17, 15) is 4.79 Å². The minimum Gasteiger partial charge on any atom is -0.495 e. The van der Waals surface area contributed by atoms with Crippen molar-refractivity contribution < 1.29 is 14.6 Å². The van der Waals surface area contributed by atoms with Gasteiger partial charge in [-0.15, -0.1) is 0 Å². The number of hydrogen-bond donors (Lipinski definition) is 1. The number of hydrogen-bond acceptors (Lipinski definition) is 3. The fourth-order valence-corrected chi connectivity index (χ4v) is 1.86. The Morgan fingerprint density at radius 3 is 3.00 bits per heavy atom. The molecule has 0 aliphatic heterocycles. The van der Waals surface area contributed by atoms with Gasteiger partial charge in [-0.25, -0.2) is 4.79 Å². The third-order valence-electron chi connectivity index (χ3n) is 2.49. The Hall–Kier alpha value is -1.58. The summed E-state index contributed by atoms with van der Waals surface area (Å²) in [6, 6.07) is 0. The van der Waals surface area contributed by atoms with Gasteiger partial charge in [0, 0.05) is 17.5 Å². The molecule has 0 spiro atoms. The SMILES string of the molecule is COc1c(C(=O)O)cnc2c1CCC2. The molecule has 0 saturated heterocycles. The zero-order valence-corrected chi connectivity index (χ0v) is 7.91. The quantitative estimate of drug-likeness (QED) is 0.768. The summed E-state index contributed by atoms with van der Waals surface area (Å²) in [6.45, 7) is 0. The fourth-order valence-electron chi connectivity index (χ4n) is 1.86. The first-order valence-electron chi connectivity index (χ1n) is 4.52. The van der Waals surface area contributed by atoms with Gasteiger partial charge in [0.2, 0.25) is 0 Å². The topological polar surface area (TPSA) is 59.4 Å². The van der Waals surface area contributed by atoms with Crippen LogP contribution in [0.2, 0.25) is 0 Å². The van der Waals surface area contributed by atoms with Crippen LogP contribution in [-0.2, 0) is 12.8 Å². The number of aryl methyl sites for hydroxylation is 1. The van der Waals surface area contributed by atoms with Crippen molar-refractivity contribution in [2.75, 3.05) is 7.11 Å².